The van der Waals surface area contributed by atoms with E-state index in [1.165, 1.54) is 12.1 Å². The van der Waals surface area contributed by atoms with Crippen molar-refractivity contribution in [1.82, 2.24) is 4.72 Å². The predicted molar refractivity (Wildman–Crippen MR) is 80.1 cm³/mol. The molecule has 4 nitrogen and oxygen atoms in total. The van der Waals surface area contributed by atoms with Crippen molar-refractivity contribution in [1.29, 1.82) is 0 Å². The molecule has 0 fully saturated rings. The van der Waals surface area contributed by atoms with Crippen LogP contribution in [-0.2, 0) is 10.0 Å². The number of nitrogen functional groups attached to an aromatic ring is 1. The van der Waals surface area contributed by atoms with Crippen molar-refractivity contribution in [2.24, 2.45) is 5.41 Å². The lowest BCUT2D eigenvalue weighted by atomic mass is 9.91. The highest BCUT2D eigenvalue weighted by molar-refractivity contribution is 7.89. The number of hydrogen-bond acceptors (Lipinski definition) is 3. The quantitative estimate of drug-likeness (QED) is 0.816. The zero-order chi connectivity index (χ0) is 14.8. The SMILES string of the molecule is CCC(C)(C)CNS(=O)(=O)c1ccc(Cl)c(N)c1Cl. The minimum absolute atomic E-state index is 0.0469. The molecule has 0 spiro atoms. The number of sulfonamides is 1. The Kier molecular flexibility index (Phi) is 5.12. The van der Waals surface area contributed by atoms with Gasteiger partial charge in [0.15, 0.2) is 0 Å². The second kappa shape index (κ2) is 5.87. The van der Waals surface area contributed by atoms with Crippen molar-refractivity contribution in [3.63, 3.8) is 0 Å². The van der Waals surface area contributed by atoms with Gasteiger partial charge in [-0.2, -0.15) is 0 Å². The van der Waals surface area contributed by atoms with E-state index in [-0.39, 0.29) is 26.0 Å². The van der Waals surface area contributed by atoms with Gasteiger partial charge in [0, 0.05) is 6.54 Å². The molecule has 0 amide bonds. The van der Waals surface area contributed by atoms with Crippen LogP contribution in [-0.4, -0.2) is 15.0 Å². The van der Waals surface area contributed by atoms with E-state index in [1.807, 2.05) is 20.8 Å². The van der Waals surface area contributed by atoms with E-state index in [1.54, 1.807) is 0 Å². The Morgan fingerprint density at radius 2 is 1.89 bits per heavy atom. The van der Waals surface area contributed by atoms with Crippen LogP contribution in [0.1, 0.15) is 27.2 Å². The van der Waals surface area contributed by atoms with Gasteiger partial charge in [0.1, 0.15) is 4.90 Å². The van der Waals surface area contributed by atoms with E-state index in [2.05, 4.69) is 4.72 Å². The first-order valence-electron chi connectivity index (χ1n) is 5.84. The Morgan fingerprint density at radius 3 is 2.42 bits per heavy atom. The second-order valence-electron chi connectivity index (χ2n) is 5.12. The molecule has 108 valence electrons. The third-order valence-electron chi connectivity index (χ3n) is 3.08. The fourth-order valence-corrected chi connectivity index (χ4v) is 3.25. The van der Waals surface area contributed by atoms with Gasteiger partial charge in [-0.15, -0.1) is 0 Å². The standard InChI is InChI=1S/C12H18Cl2N2O2S/c1-4-12(2,3)7-16-19(17,18)9-6-5-8(13)11(15)10(9)14/h5-6,16H,4,7,15H2,1-3H3. The van der Waals surface area contributed by atoms with E-state index >= 15 is 0 Å². The number of halogens is 2. The third-order valence-corrected chi connectivity index (χ3v) is 5.37. The second-order valence-corrected chi connectivity index (χ2v) is 7.64. The molecule has 0 heterocycles. The van der Waals surface area contributed by atoms with Crippen LogP contribution in [0.3, 0.4) is 0 Å². The summed E-state index contributed by atoms with van der Waals surface area (Å²) in [7, 11) is -3.69. The van der Waals surface area contributed by atoms with E-state index in [9.17, 15) is 8.42 Å². The first-order valence-corrected chi connectivity index (χ1v) is 8.08. The summed E-state index contributed by atoms with van der Waals surface area (Å²) in [5.41, 5.74) is 5.57. The van der Waals surface area contributed by atoms with E-state index in [4.69, 9.17) is 28.9 Å². The molecule has 0 aliphatic carbocycles. The molecular formula is C12H18Cl2N2O2S. The summed E-state index contributed by atoms with van der Waals surface area (Å²) in [6.07, 6.45) is 0.853. The lowest BCUT2D eigenvalue weighted by Crippen LogP contribution is -2.33. The molecule has 0 aliphatic heterocycles. The highest BCUT2D eigenvalue weighted by Gasteiger charge is 2.24. The lowest BCUT2D eigenvalue weighted by Gasteiger charge is -2.23. The Balaban J connectivity index is 3.06. The minimum Gasteiger partial charge on any atom is -0.396 e. The smallest absolute Gasteiger partial charge is 0.242 e. The normalized spacial score (nSPS) is 12.7. The van der Waals surface area contributed by atoms with Crippen LogP contribution in [0, 0.1) is 5.41 Å². The molecule has 0 aromatic heterocycles. The molecule has 0 aliphatic rings. The molecule has 19 heavy (non-hydrogen) atoms. The third kappa shape index (κ3) is 3.99. The Labute approximate surface area is 124 Å². The first-order chi connectivity index (χ1) is 8.60. The van der Waals surface area contributed by atoms with Crippen molar-refractivity contribution in [3.05, 3.63) is 22.2 Å². The molecule has 1 rings (SSSR count). The molecule has 7 heteroatoms. The summed E-state index contributed by atoms with van der Waals surface area (Å²) in [6, 6.07) is 2.77. The Morgan fingerprint density at radius 1 is 1.32 bits per heavy atom. The van der Waals surface area contributed by atoms with Crippen LogP contribution in [0.25, 0.3) is 0 Å². The van der Waals surface area contributed by atoms with Crippen LogP contribution >= 0.6 is 23.2 Å². The molecule has 1 aromatic carbocycles. The van der Waals surface area contributed by atoms with Gasteiger partial charge in [0.25, 0.3) is 0 Å². The molecule has 1 aromatic rings. The minimum atomic E-state index is -3.69. The zero-order valence-electron chi connectivity index (χ0n) is 11.1. The summed E-state index contributed by atoms with van der Waals surface area (Å²) >= 11 is 11.7. The van der Waals surface area contributed by atoms with Gasteiger partial charge in [-0.25, -0.2) is 13.1 Å². The first kappa shape index (κ1) is 16.6. The van der Waals surface area contributed by atoms with Crippen molar-refractivity contribution in [2.75, 3.05) is 12.3 Å². The van der Waals surface area contributed by atoms with Gasteiger partial charge in [-0.1, -0.05) is 44.0 Å². The molecule has 0 atom stereocenters. The molecule has 0 saturated heterocycles. The number of rotatable bonds is 5. The van der Waals surface area contributed by atoms with Crippen molar-refractivity contribution >= 4 is 38.9 Å². The Hall–Kier alpha value is -0.490. The van der Waals surface area contributed by atoms with Gasteiger partial charge >= 0.3 is 0 Å². The number of nitrogens with one attached hydrogen (secondary N) is 1. The van der Waals surface area contributed by atoms with Gasteiger partial charge in [-0.05, 0) is 24.0 Å². The van der Waals surface area contributed by atoms with Crippen LogP contribution in [0.5, 0.6) is 0 Å². The van der Waals surface area contributed by atoms with Crippen LogP contribution < -0.4 is 10.5 Å². The molecule has 0 saturated carbocycles. The van der Waals surface area contributed by atoms with Crippen molar-refractivity contribution in [2.45, 2.75) is 32.1 Å². The van der Waals surface area contributed by atoms with Crippen LogP contribution in [0.4, 0.5) is 5.69 Å². The zero-order valence-corrected chi connectivity index (χ0v) is 13.5. The van der Waals surface area contributed by atoms with Crippen LogP contribution in [0.2, 0.25) is 10.0 Å². The number of nitrogens with two attached hydrogens (primary N) is 1. The maximum absolute atomic E-state index is 12.2. The van der Waals surface area contributed by atoms with E-state index < -0.39 is 10.0 Å². The molecule has 0 radical (unpaired) electrons. The van der Waals surface area contributed by atoms with Gasteiger partial charge in [0.2, 0.25) is 10.0 Å². The fourth-order valence-electron chi connectivity index (χ4n) is 1.25. The van der Waals surface area contributed by atoms with E-state index in [0.717, 1.165) is 6.42 Å². The number of benzene rings is 1. The maximum atomic E-state index is 12.2. The average molecular weight is 325 g/mol. The Bertz CT molecular complexity index is 571. The lowest BCUT2D eigenvalue weighted by molar-refractivity contribution is 0.350. The summed E-state index contributed by atoms with van der Waals surface area (Å²) < 4.78 is 26.9. The monoisotopic (exact) mass is 324 g/mol. The highest BCUT2D eigenvalue weighted by Crippen LogP contribution is 2.33. The summed E-state index contributed by atoms with van der Waals surface area (Å²) in [6.45, 7) is 6.28. The fraction of sp³-hybridized carbons (Fsp3) is 0.500. The number of anilines is 1. The van der Waals surface area contributed by atoms with Crippen LogP contribution in [0.15, 0.2) is 17.0 Å². The van der Waals surface area contributed by atoms with E-state index in [0.29, 0.717) is 6.54 Å². The highest BCUT2D eigenvalue weighted by atomic mass is 35.5. The van der Waals surface area contributed by atoms with Gasteiger partial charge in [0.05, 0.1) is 15.7 Å². The van der Waals surface area contributed by atoms with Gasteiger partial charge < -0.3 is 5.73 Å². The maximum Gasteiger partial charge on any atom is 0.242 e. The summed E-state index contributed by atoms with van der Waals surface area (Å²) in [5, 5.41) is 0.187. The van der Waals surface area contributed by atoms with Gasteiger partial charge in [-0.3, -0.25) is 0 Å². The van der Waals surface area contributed by atoms with Crippen molar-refractivity contribution in [3.8, 4) is 0 Å². The molecule has 3 N–H and O–H groups in total. The average Bonchev–Trinajstić information content (AvgIpc) is 2.34. The van der Waals surface area contributed by atoms with Crippen molar-refractivity contribution < 1.29 is 8.42 Å². The molecular weight excluding hydrogens is 307 g/mol. The largest absolute Gasteiger partial charge is 0.396 e. The molecule has 0 bridgehead atoms. The molecule has 0 unspecified atom stereocenters. The topological polar surface area (TPSA) is 72.2 Å². The summed E-state index contributed by atoms with van der Waals surface area (Å²) in [5.74, 6) is 0. The predicted octanol–water partition coefficient (Wildman–Crippen LogP) is 3.29. The number of hydrogen-bond donors (Lipinski definition) is 2. The summed E-state index contributed by atoms with van der Waals surface area (Å²) in [4.78, 5) is -0.0528.